The van der Waals surface area contributed by atoms with Crippen molar-refractivity contribution in [3.63, 3.8) is 0 Å². The van der Waals surface area contributed by atoms with Crippen LogP contribution in [0.15, 0.2) is 53.3 Å². The number of sulfonamides is 1. The molecule has 0 saturated carbocycles. The number of aromatic nitrogens is 2. The van der Waals surface area contributed by atoms with Gasteiger partial charge in [0.2, 0.25) is 10.0 Å². The van der Waals surface area contributed by atoms with E-state index in [-0.39, 0.29) is 36.8 Å². The number of hydrogen-bond acceptors (Lipinski definition) is 5. The van der Waals surface area contributed by atoms with Gasteiger partial charge in [-0.05, 0) is 29.8 Å². The van der Waals surface area contributed by atoms with E-state index in [1.807, 2.05) is 0 Å². The summed E-state index contributed by atoms with van der Waals surface area (Å²) in [5.74, 6) is -0.493. The Morgan fingerprint density at radius 1 is 1.14 bits per heavy atom. The van der Waals surface area contributed by atoms with Crippen LogP contribution in [0.1, 0.15) is 11.4 Å². The number of H-pyrrole nitrogens is 1. The first-order valence-corrected chi connectivity index (χ1v) is 10.2. The fraction of sp³-hybridized carbons (Fsp3) is 0.263. The van der Waals surface area contributed by atoms with Gasteiger partial charge < -0.3 is 9.72 Å². The predicted molar refractivity (Wildman–Crippen MR) is 104 cm³/mol. The molecule has 3 rings (SSSR count). The number of benzene rings is 2. The van der Waals surface area contributed by atoms with Gasteiger partial charge in [0.1, 0.15) is 11.6 Å². The van der Waals surface area contributed by atoms with E-state index < -0.39 is 15.8 Å². The Labute approximate surface area is 161 Å². The molecule has 0 amide bonds. The van der Waals surface area contributed by atoms with E-state index in [0.29, 0.717) is 16.5 Å². The molecule has 28 heavy (non-hydrogen) atoms. The number of aromatic amines is 1. The molecule has 9 heteroatoms. The third-order valence-corrected chi connectivity index (χ3v) is 5.99. The number of nitrogens with one attached hydrogen (secondary N) is 1. The van der Waals surface area contributed by atoms with Gasteiger partial charge in [0.25, 0.3) is 5.56 Å². The van der Waals surface area contributed by atoms with E-state index in [1.54, 1.807) is 24.3 Å². The lowest BCUT2D eigenvalue weighted by molar-refractivity contribution is 0.176. The molecule has 1 aromatic heterocycles. The van der Waals surface area contributed by atoms with E-state index in [0.717, 1.165) is 0 Å². The summed E-state index contributed by atoms with van der Waals surface area (Å²) in [4.78, 5) is 19.2. The van der Waals surface area contributed by atoms with Crippen LogP contribution in [0.5, 0.6) is 0 Å². The van der Waals surface area contributed by atoms with Gasteiger partial charge in [0.15, 0.2) is 0 Å². The zero-order valence-electron chi connectivity index (χ0n) is 15.3. The zero-order valence-corrected chi connectivity index (χ0v) is 16.1. The number of rotatable bonds is 8. The van der Waals surface area contributed by atoms with Crippen LogP contribution in [0.3, 0.4) is 0 Å². The molecule has 148 valence electrons. The quantitative estimate of drug-likeness (QED) is 0.619. The minimum absolute atomic E-state index is 0.0938. The van der Waals surface area contributed by atoms with Gasteiger partial charge in [0, 0.05) is 13.7 Å². The molecule has 0 atom stereocenters. The first-order chi connectivity index (χ1) is 13.4. The van der Waals surface area contributed by atoms with Crippen LogP contribution in [-0.2, 0) is 27.1 Å². The van der Waals surface area contributed by atoms with Gasteiger partial charge in [-0.25, -0.2) is 17.8 Å². The molecule has 0 aliphatic rings. The lowest BCUT2D eigenvalue weighted by atomic mass is 10.2. The minimum atomic E-state index is -3.76. The minimum Gasteiger partial charge on any atom is -0.383 e. The Morgan fingerprint density at radius 2 is 1.86 bits per heavy atom. The molecule has 0 aliphatic heterocycles. The third kappa shape index (κ3) is 4.80. The number of para-hydroxylation sites is 1. The molecule has 0 unspecified atom stereocenters. The van der Waals surface area contributed by atoms with Crippen LogP contribution in [-0.4, -0.2) is 43.0 Å². The maximum atomic E-state index is 13.1. The van der Waals surface area contributed by atoms with Crippen LogP contribution in [0, 0.1) is 5.82 Å². The second-order valence-electron chi connectivity index (χ2n) is 6.24. The average Bonchev–Trinajstić information content (AvgIpc) is 2.67. The molecule has 2 aromatic carbocycles. The van der Waals surface area contributed by atoms with Crippen molar-refractivity contribution in [2.24, 2.45) is 0 Å². The summed E-state index contributed by atoms with van der Waals surface area (Å²) in [5, 5.41) is 0.434. The van der Waals surface area contributed by atoms with Gasteiger partial charge in [-0.15, -0.1) is 0 Å². The largest absolute Gasteiger partial charge is 0.383 e. The highest BCUT2D eigenvalue weighted by Gasteiger charge is 2.24. The van der Waals surface area contributed by atoms with Crippen molar-refractivity contribution in [3.8, 4) is 0 Å². The first-order valence-electron chi connectivity index (χ1n) is 8.58. The number of methoxy groups -OCH3 is 1. The van der Waals surface area contributed by atoms with Crippen molar-refractivity contribution in [2.45, 2.75) is 12.3 Å². The fourth-order valence-electron chi connectivity index (χ4n) is 2.77. The molecule has 3 aromatic rings. The highest BCUT2D eigenvalue weighted by Crippen LogP contribution is 2.15. The molecule has 0 radical (unpaired) electrons. The van der Waals surface area contributed by atoms with Crippen LogP contribution in [0.2, 0.25) is 0 Å². The van der Waals surface area contributed by atoms with Gasteiger partial charge in [0.05, 0.1) is 29.8 Å². The molecule has 0 spiro atoms. The molecule has 0 saturated heterocycles. The summed E-state index contributed by atoms with van der Waals surface area (Å²) in [6.45, 7) is 0.171. The Kier molecular flexibility index (Phi) is 6.18. The number of hydrogen-bond donors (Lipinski definition) is 1. The van der Waals surface area contributed by atoms with Crippen molar-refractivity contribution in [1.82, 2.24) is 14.3 Å². The molecule has 7 nitrogen and oxygen atoms in total. The molecule has 1 heterocycles. The van der Waals surface area contributed by atoms with E-state index in [2.05, 4.69) is 9.97 Å². The highest BCUT2D eigenvalue weighted by molar-refractivity contribution is 7.88. The van der Waals surface area contributed by atoms with Crippen LogP contribution >= 0.6 is 0 Å². The monoisotopic (exact) mass is 405 g/mol. The Hall–Kier alpha value is -2.62. The van der Waals surface area contributed by atoms with Crippen LogP contribution in [0.4, 0.5) is 4.39 Å². The Balaban J connectivity index is 1.89. The van der Waals surface area contributed by atoms with Gasteiger partial charge in [-0.3, -0.25) is 4.79 Å². The van der Waals surface area contributed by atoms with Crippen molar-refractivity contribution in [3.05, 3.63) is 76.1 Å². The standard InChI is InChI=1S/C19H20FN3O4S/c1-27-11-10-23(28(25,26)13-14-6-8-15(20)9-7-14)12-18-21-17-5-3-2-4-16(17)19(24)22-18/h2-9H,10-13H2,1H3,(H,21,22,24). The van der Waals surface area contributed by atoms with Gasteiger partial charge in [-0.1, -0.05) is 24.3 Å². The topological polar surface area (TPSA) is 92.4 Å². The maximum Gasteiger partial charge on any atom is 0.258 e. The average molecular weight is 405 g/mol. The summed E-state index contributed by atoms with van der Waals surface area (Å²) in [5.41, 5.74) is 0.621. The summed E-state index contributed by atoms with van der Waals surface area (Å²) in [7, 11) is -2.28. The van der Waals surface area contributed by atoms with E-state index >= 15 is 0 Å². The molecule has 1 N–H and O–H groups in total. The summed E-state index contributed by atoms with van der Waals surface area (Å²) in [6.07, 6.45) is 0. The molecule has 0 aliphatic carbocycles. The second kappa shape index (κ2) is 8.59. The molecule has 0 bridgehead atoms. The number of fused-ring (bicyclic) bond motifs is 1. The van der Waals surface area contributed by atoms with Crippen molar-refractivity contribution in [2.75, 3.05) is 20.3 Å². The second-order valence-corrected chi connectivity index (χ2v) is 8.21. The summed E-state index contributed by atoms with van der Waals surface area (Å²) >= 11 is 0. The zero-order chi connectivity index (χ0) is 20.1. The summed E-state index contributed by atoms with van der Waals surface area (Å²) < 4.78 is 45.1. The third-order valence-electron chi connectivity index (χ3n) is 4.19. The number of nitrogens with zero attached hydrogens (tertiary/aromatic N) is 2. The lowest BCUT2D eigenvalue weighted by Crippen LogP contribution is -2.35. The first kappa shape index (κ1) is 20.1. The smallest absolute Gasteiger partial charge is 0.258 e. The normalized spacial score (nSPS) is 12.0. The van der Waals surface area contributed by atoms with E-state index in [9.17, 15) is 17.6 Å². The lowest BCUT2D eigenvalue weighted by Gasteiger charge is -2.21. The van der Waals surface area contributed by atoms with Crippen LogP contribution in [0.25, 0.3) is 10.9 Å². The predicted octanol–water partition coefficient (Wildman–Crippen LogP) is 2.04. The number of halogens is 1. The number of ether oxygens (including phenoxy) is 1. The maximum absolute atomic E-state index is 13.1. The summed E-state index contributed by atoms with van der Waals surface area (Å²) in [6, 6.07) is 12.1. The fourth-order valence-corrected chi connectivity index (χ4v) is 4.24. The van der Waals surface area contributed by atoms with E-state index in [1.165, 1.54) is 35.7 Å². The van der Waals surface area contributed by atoms with Gasteiger partial charge in [-0.2, -0.15) is 4.31 Å². The highest BCUT2D eigenvalue weighted by atomic mass is 32.2. The molecule has 0 fully saturated rings. The molecular formula is C19H20FN3O4S. The molecular weight excluding hydrogens is 385 g/mol. The Bertz CT molecular complexity index is 1110. The SMILES string of the molecule is COCCN(Cc1nc2ccccc2c(=O)[nH]1)S(=O)(=O)Cc1ccc(F)cc1. The van der Waals surface area contributed by atoms with Crippen molar-refractivity contribution in [1.29, 1.82) is 0 Å². The van der Waals surface area contributed by atoms with Crippen LogP contribution < -0.4 is 5.56 Å². The van der Waals surface area contributed by atoms with Crippen molar-refractivity contribution < 1.29 is 17.5 Å². The van der Waals surface area contributed by atoms with E-state index in [4.69, 9.17) is 4.74 Å². The van der Waals surface area contributed by atoms with Gasteiger partial charge >= 0.3 is 0 Å². The Morgan fingerprint density at radius 3 is 2.57 bits per heavy atom. The van der Waals surface area contributed by atoms with Crippen molar-refractivity contribution >= 4 is 20.9 Å².